The molecule has 0 bridgehead atoms. The molecule has 4 heterocycles. The molecule has 0 aliphatic carbocycles. The van der Waals surface area contributed by atoms with Gasteiger partial charge in [0.1, 0.15) is 5.82 Å². The lowest BCUT2D eigenvalue weighted by Crippen LogP contribution is -1.96. The first kappa shape index (κ1) is 23.3. The van der Waals surface area contributed by atoms with Gasteiger partial charge in [-0.2, -0.15) is 0 Å². The first-order valence-corrected chi connectivity index (χ1v) is 13.7. The van der Waals surface area contributed by atoms with Crippen molar-refractivity contribution >= 4 is 32.8 Å². The van der Waals surface area contributed by atoms with E-state index >= 15 is 0 Å². The molecule has 0 unspecified atom stereocenters. The average molecular weight is 528 g/mol. The van der Waals surface area contributed by atoms with Gasteiger partial charge in [0, 0.05) is 53.2 Å². The van der Waals surface area contributed by atoms with Crippen LogP contribution in [0.4, 0.5) is 0 Å². The molecule has 0 spiro atoms. The Morgan fingerprint density at radius 1 is 0.537 bits per heavy atom. The highest BCUT2D eigenvalue weighted by atomic mass is 15.1. The van der Waals surface area contributed by atoms with Crippen LogP contribution in [0.15, 0.2) is 134 Å². The zero-order valence-electron chi connectivity index (χ0n) is 22.4. The van der Waals surface area contributed by atoms with E-state index in [0.717, 1.165) is 56.0 Å². The van der Waals surface area contributed by atoms with Crippen molar-refractivity contribution in [3.8, 4) is 39.5 Å². The zero-order chi connectivity index (χ0) is 27.3. The van der Waals surface area contributed by atoms with Crippen LogP contribution in [0.3, 0.4) is 0 Å². The average Bonchev–Trinajstić information content (AvgIpc) is 3.56. The summed E-state index contributed by atoms with van der Waals surface area (Å²) < 4.78 is 4.53. The van der Waals surface area contributed by atoms with Gasteiger partial charge < -0.3 is 9.13 Å². The molecule has 4 aromatic heterocycles. The number of fused-ring (bicyclic) bond motifs is 4. The molecular weight excluding hydrogens is 502 g/mol. The molecule has 5 heteroatoms. The summed E-state index contributed by atoms with van der Waals surface area (Å²) in [6.45, 7) is 0. The number of hydrogen-bond acceptors (Lipinski definition) is 3. The SMILES string of the molecule is Cn1c(-c2ccc3c4cc(-c5ccncc5)ccc4n(-c4cccc(-c5ccccn5)c4)c3c2)nc2ccccc21. The first-order chi connectivity index (χ1) is 20.2. The smallest absolute Gasteiger partial charge is 0.140 e. The molecule has 0 fully saturated rings. The molecule has 8 rings (SSSR count). The van der Waals surface area contributed by atoms with Crippen molar-refractivity contribution < 1.29 is 0 Å². The standard InChI is InChI=1S/C36H25N5/c1-40-34-11-3-2-10-32(34)39-36(40)27-12-14-29-30-22-25(24-16-19-37-20-17-24)13-15-33(30)41(35(29)23-27)28-8-6-7-26(21-28)31-9-4-5-18-38-31/h2-23H,1H3. The normalized spacial score (nSPS) is 11.5. The number of hydrogen-bond donors (Lipinski definition) is 0. The third-order valence-electron chi connectivity index (χ3n) is 7.89. The molecule has 8 aromatic rings. The van der Waals surface area contributed by atoms with E-state index < -0.39 is 0 Å². The summed E-state index contributed by atoms with van der Waals surface area (Å²) in [7, 11) is 2.09. The Labute approximate surface area is 237 Å². The van der Waals surface area contributed by atoms with Crippen LogP contribution in [0.1, 0.15) is 0 Å². The number of aromatic nitrogens is 5. The summed E-state index contributed by atoms with van der Waals surface area (Å²) in [5, 5.41) is 2.40. The van der Waals surface area contributed by atoms with Crippen LogP contribution in [0, 0.1) is 0 Å². The fourth-order valence-corrected chi connectivity index (χ4v) is 5.90. The number of pyridine rings is 2. The van der Waals surface area contributed by atoms with E-state index in [1.165, 1.54) is 16.3 Å². The Bertz CT molecular complexity index is 2210. The van der Waals surface area contributed by atoms with Crippen molar-refractivity contribution in [3.63, 3.8) is 0 Å². The lowest BCUT2D eigenvalue weighted by Gasteiger charge is -2.11. The van der Waals surface area contributed by atoms with Gasteiger partial charge in [-0.3, -0.25) is 9.97 Å². The van der Waals surface area contributed by atoms with Crippen molar-refractivity contribution in [1.29, 1.82) is 0 Å². The molecular formula is C36H25N5. The van der Waals surface area contributed by atoms with Crippen LogP contribution >= 0.6 is 0 Å². The molecule has 194 valence electrons. The second kappa shape index (κ2) is 9.28. The van der Waals surface area contributed by atoms with Crippen molar-refractivity contribution in [3.05, 3.63) is 134 Å². The molecule has 5 nitrogen and oxygen atoms in total. The van der Waals surface area contributed by atoms with E-state index in [0.29, 0.717) is 0 Å². The maximum absolute atomic E-state index is 4.99. The van der Waals surface area contributed by atoms with Crippen LogP contribution in [0.5, 0.6) is 0 Å². The Morgan fingerprint density at radius 3 is 2.24 bits per heavy atom. The number of para-hydroxylation sites is 2. The van der Waals surface area contributed by atoms with E-state index in [-0.39, 0.29) is 0 Å². The Balaban J connectivity index is 1.40. The van der Waals surface area contributed by atoms with Crippen molar-refractivity contribution in [2.24, 2.45) is 7.05 Å². The zero-order valence-corrected chi connectivity index (χ0v) is 22.4. The summed E-state index contributed by atoms with van der Waals surface area (Å²) in [6.07, 6.45) is 5.52. The lowest BCUT2D eigenvalue weighted by molar-refractivity contribution is 0.959. The van der Waals surface area contributed by atoms with E-state index in [9.17, 15) is 0 Å². The monoisotopic (exact) mass is 527 g/mol. The van der Waals surface area contributed by atoms with Crippen molar-refractivity contribution in [2.45, 2.75) is 0 Å². The predicted octanol–water partition coefficient (Wildman–Crippen LogP) is 8.46. The summed E-state index contributed by atoms with van der Waals surface area (Å²) in [5.41, 5.74) is 10.9. The summed E-state index contributed by atoms with van der Waals surface area (Å²) in [4.78, 5) is 13.8. The first-order valence-electron chi connectivity index (χ1n) is 13.7. The molecule has 0 aliphatic rings. The Kier molecular flexibility index (Phi) is 5.28. The predicted molar refractivity (Wildman–Crippen MR) is 167 cm³/mol. The number of aryl methyl sites for hydroxylation is 1. The third kappa shape index (κ3) is 3.82. The van der Waals surface area contributed by atoms with Gasteiger partial charge in [-0.1, -0.05) is 48.5 Å². The largest absolute Gasteiger partial charge is 0.327 e. The topological polar surface area (TPSA) is 48.5 Å². The van der Waals surface area contributed by atoms with Crippen LogP contribution in [0.25, 0.3) is 72.3 Å². The third-order valence-corrected chi connectivity index (χ3v) is 7.89. The number of imidazole rings is 1. The number of benzene rings is 4. The van der Waals surface area contributed by atoms with Crippen LogP contribution in [-0.2, 0) is 7.05 Å². The minimum absolute atomic E-state index is 0.949. The van der Waals surface area contributed by atoms with Gasteiger partial charge in [-0.05, 0) is 77.9 Å². The fraction of sp³-hybridized carbons (Fsp3) is 0.0278. The summed E-state index contributed by atoms with van der Waals surface area (Å²) >= 11 is 0. The minimum Gasteiger partial charge on any atom is -0.327 e. The van der Waals surface area contributed by atoms with E-state index in [2.05, 4.69) is 123 Å². The van der Waals surface area contributed by atoms with E-state index in [1.54, 1.807) is 0 Å². The maximum Gasteiger partial charge on any atom is 0.140 e. The molecule has 41 heavy (non-hydrogen) atoms. The quantitative estimate of drug-likeness (QED) is 0.231. The number of nitrogens with zero attached hydrogens (tertiary/aromatic N) is 5. The highest BCUT2D eigenvalue weighted by molar-refractivity contribution is 6.11. The molecule has 0 saturated heterocycles. The molecule has 0 amide bonds. The second-order valence-electron chi connectivity index (χ2n) is 10.3. The fourth-order valence-electron chi connectivity index (χ4n) is 5.90. The van der Waals surface area contributed by atoms with Gasteiger partial charge in [0.15, 0.2) is 0 Å². The molecule has 0 radical (unpaired) electrons. The van der Waals surface area contributed by atoms with Gasteiger partial charge in [-0.15, -0.1) is 0 Å². The minimum atomic E-state index is 0.949. The molecule has 0 saturated carbocycles. The van der Waals surface area contributed by atoms with Gasteiger partial charge in [-0.25, -0.2) is 4.98 Å². The van der Waals surface area contributed by atoms with Gasteiger partial charge in [0.25, 0.3) is 0 Å². The van der Waals surface area contributed by atoms with E-state index in [1.807, 2.05) is 36.8 Å². The van der Waals surface area contributed by atoms with Crippen LogP contribution in [-0.4, -0.2) is 24.1 Å². The van der Waals surface area contributed by atoms with Gasteiger partial charge >= 0.3 is 0 Å². The molecule has 4 aromatic carbocycles. The van der Waals surface area contributed by atoms with Crippen molar-refractivity contribution in [1.82, 2.24) is 24.1 Å². The lowest BCUT2D eigenvalue weighted by atomic mass is 10.0. The molecule has 0 aliphatic heterocycles. The van der Waals surface area contributed by atoms with Crippen LogP contribution in [0.2, 0.25) is 0 Å². The highest BCUT2D eigenvalue weighted by Gasteiger charge is 2.17. The maximum atomic E-state index is 4.99. The van der Waals surface area contributed by atoms with Gasteiger partial charge in [0.2, 0.25) is 0 Å². The van der Waals surface area contributed by atoms with Crippen molar-refractivity contribution in [2.75, 3.05) is 0 Å². The van der Waals surface area contributed by atoms with Gasteiger partial charge in [0.05, 0.1) is 27.8 Å². The summed E-state index contributed by atoms with van der Waals surface area (Å²) in [5.74, 6) is 0.949. The molecule has 0 N–H and O–H groups in total. The summed E-state index contributed by atoms with van der Waals surface area (Å²) in [6, 6.07) is 40.5. The van der Waals surface area contributed by atoms with Crippen LogP contribution < -0.4 is 0 Å². The Morgan fingerprint density at radius 2 is 1.39 bits per heavy atom. The second-order valence-corrected chi connectivity index (χ2v) is 10.3. The molecule has 0 atom stereocenters. The highest BCUT2D eigenvalue weighted by Crippen LogP contribution is 2.37. The Hall–Kier alpha value is -5.55. The number of rotatable bonds is 4. The van der Waals surface area contributed by atoms with E-state index in [4.69, 9.17) is 4.98 Å².